The van der Waals surface area contributed by atoms with Crippen LogP contribution in [0.5, 0.6) is 0 Å². The molecule has 0 atom stereocenters. The van der Waals surface area contributed by atoms with E-state index in [1.807, 2.05) is 231 Å². The Bertz CT molecular complexity index is 3840. The second-order valence-electron chi connectivity index (χ2n) is 19.6. The van der Waals surface area contributed by atoms with Crippen LogP contribution in [0.15, 0.2) is 273 Å². The minimum atomic E-state index is -4.54. The van der Waals surface area contributed by atoms with Gasteiger partial charge >= 0.3 is 6.30 Å². The number of rotatable bonds is 14. The van der Waals surface area contributed by atoms with Crippen molar-refractivity contribution in [1.29, 1.82) is 0 Å². The molecule has 5 aromatic heterocycles. The van der Waals surface area contributed by atoms with Gasteiger partial charge in [-0.05, 0) is 113 Å². The van der Waals surface area contributed by atoms with Crippen LogP contribution in [0, 0.1) is 86.7 Å². The predicted molar refractivity (Wildman–Crippen MR) is 356 cm³/mol. The summed E-state index contributed by atoms with van der Waals surface area (Å²) >= 11 is 0. The topological polar surface area (TPSA) is 107 Å². The SMILES string of the molecule is CCN(c1[c-]cccc1)c1cccc(C)n1.CN(c1[c-]cccc1)c1cccc(CF)n1.Cc1cccc(N(c2[c-]cccc2)C(F)(F)F)n1.Cc1cccc(N(c2[c-]cccc2)c2ccccc2)n1.Nc1cccc(N(c2[c-]cccc2)c2ccccc2)n1.[Ir].[Ir].[La].[Sc].[Y]. The fraction of sp³-hybridized carbons (Fsp3) is 0.107. The standard InChI is InChI=1S/C18H15N2.C17H14N3.C14H15N2.C13H10F3N2.C13H12FN2.2Ir.La.Sc.Y/c1-15-9-8-14-18(19-15)20(16-10-4-2-5-11-16)17-12-6-3-7-13-17;18-16-12-7-13-17(19-16)20(14-8-3-1-4-9-14)15-10-5-2-6-11-15;1-3-16(13-9-5-4-6-10-13)14-11-7-8-12(2)15-14;1-10-6-5-9-12(17-10)18(13(14,15)16)11-7-3-2-4-8-11;1-16(12-7-3-2-4-8-12)13-9-5-6-11(10-14)15-13;;;;;/h2-12,14H,1H3;1-10,12-13H,(H2,18,19);4-9,11H,3H2,1-2H3;2-7,9H,1H3;2-7,9H,10H2,1H3;;;;;/q5*-1;;;;;. The molecule has 5 heterocycles. The molecular formula is C75H66F4Ir2LaN11ScY-5. The fourth-order valence-corrected chi connectivity index (χ4v) is 8.90. The molecule has 0 aliphatic heterocycles. The predicted octanol–water partition coefficient (Wildman–Crippen LogP) is 18.9. The van der Waals surface area contributed by atoms with E-state index in [-0.39, 0.29) is 151 Å². The summed E-state index contributed by atoms with van der Waals surface area (Å²) in [5.41, 5.74) is 14.7. The minimum absolute atomic E-state index is 0. The monoisotopic (exact) mass is 1860 g/mol. The summed E-state index contributed by atoms with van der Waals surface area (Å²) < 4.78 is 51.7. The van der Waals surface area contributed by atoms with Crippen molar-refractivity contribution < 1.29 is 152 Å². The molecule has 0 fully saturated rings. The zero-order chi connectivity index (χ0) is 63.5. The Morgan fingerprint density at radius 3 is 1.17 bits per heavy atom. The van der Waals surface area contributed by atoms with Crippen molar-refractivity contribution in [2.24, 2.45) is 0 Å². The van der Waals surface area contributed by atoms with Crippen LogP contribution in [0.2, 0.25) is 0 Å². The molecule has 0 amide bonds. The first kappa shape index (κ1) is 82.5. The van der Waals surface area contributed by atoms with Crippen LogP contribution < -0.4 is 30.2 Å². The minimum Gasteiger partial charge on any atom is -0.384 e. The number of aryl methyl sites for hydroxylation is 3. The first-order chi connectivity index (χ1) is 43.8. The van der Waals surface area contributed by atoms with E-state index in [1.54, 1.807) is 43.3 Å². The van der Waals surface area contributed by atoms with Crippen molar-refractivity contribution in [3.05, 3.63) is 326 Å². The number of nitrogen functional groups attached to an aromatic ring is 1. The molecule has 0 saturated heterocycles. The van der Waals surface area contributed by atoms with Crippen LogP contribution in [-0.4, -0.2) is 44.8 Å². The number of hydrogen-bond acceptors (Lipinski definition) is 11. The third-order valence-corrected chi connectivity index (χ3v) is 13.0. The molecule has 95 heavy (non-hydrogen) atoms. The Hall–Kier alpha value is -6.72. The maximum absolute atomic E-state index is 13.1. The number of para-hydroxylation sites is 7. The number of hydrogen-bond donors (Lipinski definition) is 1. The van der Waals surface area contributed by atoms with Crippen molar-refractivity contribution in [2.45, 2.75) is 40.7 Å². The van der Waals surface area contributed by atoms with Gasteiger partial charge in [0, 0.05) is 176 Å². The Morgan fingerprint density at radius 2 is 0.758 bits per heavy atom. The quantitative estimate of drug-likeness (QED) is 0.0639. The summed E-state index contributed by atoms with van der Waals surface area (Å²) in [6, 6.07) is 100. The van der Waals surface area contributed by atoms with E-state index < -0.39 is 13.0 Å². The molecule has 12 aromatic rings. The molecule has 0 bridgehead atoms. The van der Waals surface area contributed by atoms with E-state index in [4.69, 9.17) is 5.73 Å². The van der Waals surface area contributed by atoms with E-state index in [0.29, 0.717) is 17.2 Å². The average molecular weight is 1850 g/mol. The van der Waals surface area contributed by atoms with Crippen molar-refractivity contribution in [1.82, 2.24) is 24.9 Å². The van der Waals surface area contributed by atoms with E-state index in [9.17, 15) is 17.6 Å². The van der Waals surface area contributed by atoms with Crippen LogP contribution in [0.3, 0.4) is 0 Å². The molecule has 0 aliphatic carbocycles. The average Bonchev–Trinajstić information content (AvgIpc) is 0.840. The maximum Gasteiger partial charge on any atom is 0.488 e. The molecule has 11 nitrogen and oxygen atoms in total. The molecular weight excluding hydrogens is 1790 g/mol. The van der Waals surface area contributed by atoms with Gasteiger partial charge in [0.2, 0.25) is 0 Å². The van der Waals surface area contributed by atoms with Crippen LogP contribution in [0.4, 0.5) is 92.3 Å². The Labute approximate surface area is 654 Å². The molecule has 0 aliphatic rings. The number of benzene rings is 7. The largest absolute Gasteiger partial charge is 0.488 e. The number of nitrogens with zero attached hydrogens (tertiary/aromatic N) is 10. The number of halogens is 4. The van der Waals surface area contributed by atoms with Crippen molar-refractivity contribution in [3.8, 4) is 0 Å². The van der Waals surface area contributed by atoms with Gasteiger partial charge in [-0.15, -0.1) is 43.5 Å². The summed E-state index contributed by atoms with van der Waals surface area (Å²) in [5.74, 6) is 3.71. The molecule has 0 unspecified atom stereocenters. The van der Waals surface area contributed by atoms with Crippen LogP contribution in [0.1, 0.15) is 29.7 Å². The zero-order valence-corrected chi connectivity index (χ0v) is 65.9. The molecule has 5 radical (unpaired) electrons. The van der Waals surface area contributed by atoms with E-state index >= 15 is 0 Å². The fourth-order valence-electron chi connectivity index (χ4n) is 8.90. The summed E-state index contributed by atoms with van der Waals surface area (Å²) in [6.45, 7) is 8.11. The number of aromatic nitrogens is 5. The van der Waals surface area contributed by atoms with Crippen LogP contribution >= 0.6 is 0 Å². The molecule has 20 heteroatoms. The van der Waals surface area contributed by atoms with Gasteiger partial charge in [0.15, 0.2) is 0 Å². The zero-order valence-electron chi connectivity index (χ0n) is 52.9. The van der Waals surface area contributed by atoms with Gasteiger partial charge in [-0.3, -0.25) is 4.90 Å². The third-order valence-electron chi connectivity index (χ3n) is 13.0. The summed E-state index contributed by atoms with van der Waals surface area (Å²) in [6.07, 6.45) is -4.54. The van der Waals surface area contributed by atoms with Crippen LogP contribution in [0.25, 0.3) is 0 Å². The molecule has 481 valence electrons. The maximum atomic E-state index is 13.1. The molecule has 7 aromatic carbocycles. The number of pyridine rings is 5. The molecule has 2 N–H and O–H groups in total. The summed E-state index contributed by atoms with van der Waals surface area (Å²) in [7, 11) is 1.89. The molecule has 0 saturated carbocycles. The van der Waals surface area contributed by atoms with E-state index in [2.05, 4.69) is 84.1 Å². The smallest absolute Gasteiger partial charge is 0.384 e. The molecule has 12 rings (SSSR count). The van der Waals surface area contributed by atoms with Gasteiger partial charge in [0.1, 0.15) is 41.6 Å². The first-order valence-electron chi connectivity index (χ1n) is 28.8. The van der Waals surface area contributed by atoms with Gasteiger partial charge in [-0.1, -0.05) is 95.2 Å². The van der Waals surface area contributed by atoms with Gasteiger partial charge in [-0.25, -0.2) is 29.3 Å². The number of alkyl halides is 4. The summed E-state index contributed by atoms with van der Waals surface area (Å²) in [5, 5.41) is 0. The Morgan fingerprint density at radius 1 is 0.400 bits per heavy atom. The van der Waals surface area contributed by atoms with E-state index in [1.165, 1.54) is 24.3 Å². The van der Waals surface area contributed by atoms with Gasteiger partial charge in [0.05, 0.1) is 5.69 Å². The normalized spacial score (nSPS) is 9.86. The van der Waals surface area contributed by atoms with Crippen molar-refractivity contribution >= 4 is 74.7 Å². The van der Waals surface area contributed by atoms with Gasteiger partial charge in [-0.2, -0.15) is 121 Å². The third kappa shape index (κ3) is 25.7. The van der Waals surface area contributed by atoms with Crippen molar-refractivity contribution in [3.63, 3.8) is 0 Å². The number of anilines is 13. The number of nitrogens with two attached hydrogens (primary N) is 1. The van der Waals surface area contributed by atoms with E-state index in [0.717, 1.165) is 75.3 Å². The molecule has 0 spiro atoms. The van der Waals surface area contributed by atoms with Crippen LogP contribution in [-0.2, 0) is 105 Å². The second-order valence-corrected chi connectivity index (χ2v) is 19.6. The first-order valence-corrected chi connectivity index (χ1v) is 28.8. The Kier molecular flexibility index (Phi) is 37.7. The Balaban J connectivity index is 0.000000306. The van der Waals surface area contributed by atoms with Crippen molar-refractivity contribution in [2.75, 3.05) is 43.8 Å². The second kappa shape index (κ2) is 43.5. The summed E-state index contributed by atoms with van der Waals surface area (Å²) in [4.78, 5) is 30.0. The van der Waals surface area contributed by atoms with Gasteiger partial charge < -0.3 is 25.3 Å². The van der Waals surface area contributed by atoms with Gasteiger partial charge in [0.25, 0.3) is 0 Å².